The van der Waals surface area contributed by atoms with Gasteiger partial charge in [-0.3, -0.25) is 4.79 Å². The second-order valence-corrected chi connectivity index (χ2v) is 11.5. The summed E-state index contributed by atoms with van der Waals surface area (Å²) in [6, 6.07) is 0.651. The molecule has 0 aromatic carbocycles. The standard InChI is InChI=1S/C34H47F3N4O3/c1-6-23(2)21-41(28-13-15-30(43-4)32(31(19-28)44-5)33(42)40-22-34(35,36)37)29-14-10-25(9-7-8-24(29)3)18-26(20-38)16-17-39-27-11-12-27/h8,10,14-15,19-21,26-27,38-39H,6-7,9,11-13,16-18,22H2,1-5H3,(H,40,42)/b23-21-,24-8?,25-10+,29-14?,38-20?. The van der Waals surface area contributed by atoms with E-state index in [0.29, 0.717) is 12.5 Å². The number of methoxy groups -OCH3 is 2. The number of ether oxygens (including phenoxy) is 2. The third kappa shape index (κ3) is 10.6. The molecule has 242 valence electrons. The maximum atomic E-state index is 13.0. The molecule has 3 N–H and O–H groups in total. The molecule has 0 aromatic heterocycles. The fourth-order valence-corrected chi connectivity index (χ4v) is 5.10. The van der Waals surface area contributed by atoms with Crippen LogP contribution in [0.5, 0.6) is 0 Å². The molecule has 1 amide bonds. The zero-order valence-electron chi connectivity index (χ0n) is 26.6. The molecular formula is C34H47F3N4O3. The smallest absolute Gasteiger partial charge is 0.405 e. The van der Waals surface area contributed by atoms with Crippen LogP contribution in [0.15, 0.2) is 81.8 Å². The van der Waals surface area contributed by atoms with Gasteiger partial charge in [0, 0.05) is 36.1 Å². The second-order valence-electron chi connectivity index (χ2n) is 11.5. The number of halogens is 3. The zero-order chi connectivity index (χ0) is 32.3. The molecule has 7 nitrogen and oxygen atoms in total. The highest BCUT2D eigenvalue weighted by atomic mass is 19.4. The maximum Gasteiger partial charge on any atom is 0.405 e. The Morgan fingerprint density at radius 2 is 1.95 bits per heavy atom. The summed E-state index contributed by atoms with van der Waals surface area (Å²) in [6.45, 7) is 5.63. The van der Waals surface area contributed by atoms with Gasteiger partial charge in [-0.2, -0.15) is 13.2 Å². The normalized spacial score (nSPS) is 20.0. The molecule has 1 fully saturated rings. The molecule has 0 spiro atoms. The Bertz CT molecular complexity index is 1270. The van der Waals surface area contributed by atoms with Crippen LogP contribution in [0.4, 0.5) is 13.2 Å². The average molecular weight is 617 g/mol. The van der Waals surface area contributed by atoms with E-state index < -0.39 is 18.6 Å². The summed E-state index contributed by atoms with van der Waals surface area (Å²) < 4.78 is 49.7. The Morgan fingerprint density at radius 1 is 1.20 bits per heavy atom. The van der Waals surface area contributed by atoms with Crippen molar-refractivity contribution in [2.75, 3.05) is 27.3 Å². The fourth-order valence-electron chi connectivity index (χ4n) is 5.10. The van der Waals surface area contributed by atoms with Crippen LogP contribution in [-0.2, 0) is 14.3 Å². The molecule has 1 unspecified atom stereocenters. The number of hydrogen-bond donors (Lipinski definition) is 3. The number of nitrogens with zero attached hydrogens (tertiary/aromatic N) is 1. The van der Waals surface area contributed by atoms with Crippen molar-refractivity contribution in [3.63, 3.8) is 0 Å². The Balaban J connectivity index is 2.01. The minimum atomic E-state index is -4.56. The van der Waals surface area contributed by atoms with Gasteiger partial charge in [-0.25, -0.2) is 0 Å². The highest BCUT2D eigenvalue weighted by molar-refractivity contribution is 5.98. The van der Waals surface area contributed by atoms with E-state index in [9.17, 15) is 18.0 Å². The molecule has 0 saturated heterocycles. The van der Waals surface area contributed by atoms with Gasteiger partial charge in [-0.05, 0) is 95.2 Å². The third-order valence-electron chi connectivity index (χ3n) is 7.96. The Labute approximate surface area is 259 Å². The summed E-state index contributed by atoms with van der Waals surface area (Å²) in [5.41, 5.74) is 5.07. The van der Waals surface area contributed by atoms with Gasteiger partial charge in [-0.1, -0.05) is 30.2 Å². The van der Waals surface area contributed by atoms with E-state index in [1.165, 1.54) is 32.6 Å². The third-order valence-corrected chi connectivity index (χ3v) is 7.96. The first-order chi connectivity index (χ1) is 21.0. The highest BCUT2D eigenvalue weighted by Gasteiger charge is 2.31. The number of nitrogens with one attached hydrogen (secondary N) is 3. The van der Waals surface area contributed by atoms with Gasteiger partial charge < -0.3 is 30.4 Å². The van der Waals surface area contributed by atoms with E-state index in [4.69, 9.17) is 14.9 Å². The fraction of sp³-hybridized carbons (Fsp3) is 0.529. The van der Waals surface area contributed by atoms with E-state index in [1.54, 1.807) is 18.4 Å². The predicted molar refractivity (Wildman–Crippen MR) is 168 cm³/mol. The summed E-state index contributed by atoms with van der Waals surface area (Å²) in [5, 5.41) is 13.5. The van der Waals surface area contributed by atoms with Gasteiger partial charge >= 0.3 is 6.18 Å². The number of rotatable bonds is 15. The van der Waals surface area contributed by atoms with Gasteiger partial charge in [0.05, 0.1) is 14.2 Å². The van der Waals surface area contributed by atoms with Crippen molar-refractivity contribution in [3.05, 3.63) is 81.8 Å². The summed E-state index contributed by atoms with van der Waals surface area (Å²) >= 11 is 0. The number of carbonyl (C=O) groups excluding carboxylic acids is 1. The van der Waals surface area contributed by atoms with E-state index in [2.05, 4.69) is 48.5 Å². The van der Waals surface area contributed by atoms with Crippen molar-refractivity contribution >= 4 is 12.1 Å². The van der Waals surface area contributed by atoms with Crippen LogP contribution in [0.2, 0.25) is 0 Å². The lowest BCUT2D eigenvalue weighted by atomic mass is 9.92. The van der Waals surface area contributed by atoms with Crippen molar-refractivity contribution in [1.29, 1.82) is 5.41 Å². The van der Waals surface area contributed by atoms with E-state index in [-0.39, 0.29) is 23.0 Å². The molecule has 10 heteroatoms. The molecule has 3 rings (SSSR count). The predicted octanol–water partition coefficient (Wildman–Crippen LogP) is 7.35. The molecule has 3 aliphatic rings. The molecule has 3 aliphatic carbocycles. The largest absolute Gasteiger partial charge is 0.496 e. The Morgan fingerprint density at radius 3 is 2.57 bits per heavy atom. The highest BCUT2D eigenvalue weighted by Crippen LogP contribution is 2.33. The van der Waals surface area contributed by atoms with Crippen molar-refractivity contribution < 1.29 is 27.4 Å². The number of alkyl halides is 3. The van der Waals surface area contributed by atoms with Crippen LogP contribution in [0.1, 0.15) is 72.1 Å². The lowest BCUT2D eigenvalue weighted by Crippen LogP contribution is -2.35. The Kier molecular flexibility index (Phi) is 13.1. The van der Waals surface area contributed by atoms with Crippen molar-refractivity contribution in [1.82, 2.24) is 15.5 Å². The zero-order valence-corrected chi connectivity index (χ0v) is 26.6. The average Bonchev–Trinajstić information content (AvgIpc) is 3.83. The molecule has 1 atom stereocenters. The van der Waals surface area contributed by atoms with Gasteiger partial charge in [0.15, 0.2) is 0 Å². The lowest BCUT2D eigenvalue weighted by Gasteiger charge is -2.28. The van der Waals surface area contributed by atoms with E-state index >= 15 is 0 Å². The van der Waals surface area contributed by atoms with Crippen LogP contribution >= 0.6 is 0 Å². The van der Waals surface area contributed by atoms with Crippen molar-refractivity contribution in [3.8, 4) is 0 Å². The molecule has 0 heterocycles. The first-order valence-corrected chi connectivity index (χ1v) is 15.3. The minimum Gasteiger partial charge on any atom is -0.496 e. The number of carbonyl (C=O) groups is 1. The van der Waals surface area contributed by atoms with Crippen LogP contribution < -0.4 is 10.6 Å². The molecule has 0 aromatic rings. The van der Waals surface area contributed by atoms with E-state index in [1.807, 2.05) is 12.2 Å². The van der Waals surface area contributed by atoms with Gasteiger partial charge in [-0.15, -0.1) is 0 Å². The summed E-state index contributed by atoms with van der Waals surface area (Å²) in [5.74, 6) is -0.515. The lowest BCUT2D eigenvalue weighted by molar-refractivity contribution is -0.136. The van der Waals surface area contributed by atoms with Crippen LogP contribution in [0, 0.1) is 11.3 Å². The minimum absolute atomic E-state index is 0.0969. The summed E-state index contributed by atoms with van der Waals surface area (Å²) in [4.78, 5) is 15.0. The van der Waals surface area contributed by atoms with Gasteiger partial charge in [0.1, 0.15) is 23.6 Å². The first-order valence-electron chi connectivity index (χ1n) is 15.3. The molecular weight excluding hydrogens is 569 g/mol. The van der Waals surface area contributed by atoms with Crippen LogP contribution in [0.3, 0.4) is 0 Å². The SMILES string of the molecule is CC/C(C)=C\N(C1=CC(OC)=C(C(=O)NCC(F)(F)F)C(OC)=CC1)C1=C/C=C(/CC(C=N)CCNC2CC2)CCC=C1C. The first kappa shape index (κ1) is 35.0. The Hall–Kier alpha value is -3.53. The molecule has 0 aliphatic heterocycles. The van der Waals surface area contributed by atoms with Crippen LogP contribution in [0.25, 0.3) is 0 Å². The quantitative estimate of drug-likeness (QED) is 0.168. The van der Waals surface area contributed by atoms with Crippen molar-refractivity contribution in [2.24, 2.45) is 5.92 Å². The number of amides is 1. The van der Waals surface area contributed by atoms with E-state index in [0.717, 1.165) is 61.2 Å². The van der Waals surface area contributed by atoms with Gasteiger partial charge in [0.2, 0.25) is 0 Å². The monoisotopic (exact) mass is 616 g/mol. The van der Waals surface area contributed by atoms with Gasteiger partial charge in [0.25, 0.3) is 5.91 Å². The second kappa shape index (κ2) is 16.5. The summed E-state index contributed by atoms with van der Waals surface area (Å²) in [7, 11) is 2.76. The maximum absolute atomic E-state index is 13.0. The van der Waals surface area contributed by atoms with Crippen LogP contribution in [-0.4, -0.2) is 56.5 Å². The number of allylic oxidation sites excluding steroid dienone is 8. The van der Waals surface area contributed by atoms with Crippen molar-refractivity contribution in [2.45, 2.75) is 84.4 Å². The molecule has 0 bridgehead atoms. The summed E-state index contributed by atoms with van der Waals surface area (Å²) in [6.07, 6.45) is 16.1. The molecule has 0 radical (unpaired) electrons. The molecule has 1 saturated carbocycles. The topological polar surface area (TPSA) is 86.7 Å². The molecule has 44 heavy (non-hydrogen) atoms. The number of hydrogen-bond acceptors (Lipinski definition) is 6.